The van der Waals surface area contributed by atoms with Gasteiger partial charge in [0, 0.05) is 17.7 Å². The van der Waals surface area contributed by atoms with Crippen LogP contribution in [0.2, 0.25) is 0 Å². The van der Waals surface area contributed by atoms with E-state index in [4.69, 9.17) is 5.73 Å². The largest absolute Gasteiger partial charge is 0.351 e. The van der Waals surface area contributed by atoms with E-state index in [2.05, 4.69) is 31.4 Å². The van der Waals surface area contributed by atoms with Crippen LogP contribution in [0.15, 0.2) is 72.8 Å². The maximum Gasteiger partial charge on any atom is 0.258 e. The number of hydrogen-bond donors (Lipinski definition) is 3. The van der Waals surface area contributed by atoms with Gasteiger partial charge in [0.2, 0.25) is 5.91 Å². The molecule has 0 radical (unpaired) electrons. The molecule has 3 aromatic carbocycles. The molecule has 0 fully saturated rings. The smallest absolute Gasteiger partial charge is 0.258 e. The Balaban J connectivity index is 1.76. The molecule has 0 saturated heterocycles. The minimum atomic E-state index is -0.521. The van der Waals surface area contributed by atoms with Gasteiger partial charge in [0.25, 0.3) is 11.8 Å². The summed E-state index contributed by atoms with van der Waals surface area (Å²) in [4.78, 5) is 41.9. The number of benzene rings is 3. The molecule has 1 aliphatic rings. The average Bonchev–Trinajstić information content (AvgIpc) is 3.06. The molecule has 4 N–H and O–H groups in total. The Kier molecular flexibility index (Phi) is 7.93. The van der Waals surface area contributed by atoms with E-state index in [-0.39, 0.29) is 35.0 Å². The first-order valence-electron chi connectivity index (χ1n) is 13.3. The molecule has 1 heterocycles. The Labute approximate surface area is 230 Å². The van der Waals surface area contributed by atoms with E-state index in [1.807, 2.05) is 68.4 Å². The second-order valence-corrected chi connectivity index (χ2v) is 12.0. The van der Waals surface area contributed by atoms with Crippen molar-refractivity contribution in [3.8, 4) is 0 Å². The summed E-state index contributed by atoms with van der Waals surface area (Å²) >= 11 is 0. The van der Waals surface area contributed by atoms with Crippen LogP contribution in [0, 0.1) is 5.41 Å². The predicted octanol–water partition coefficient (Wildman–Crippen LogP) is 5.43. The van der Waals surface area contributed by atoms with Gasteiger partial charge in [0.05, 0.1) is 23.8 Å². The van der Waals surface area contributed by atoms with Crippen molar-refractivity contribution in [2.75, 3.05) is 23.3 Å². The number of nitrogens with zero attached hydrogens (tertiary/aromatic N) is 1. The van der Waals surface area contributed by atoms with Crippen LogP contribution >= 0.6 is 0 Å². The first-order chi connectivity index (χ1) is 18.4. The van der Waals surface area contributed by atoms with Crippen LogP contribution in [0.4, 0.5) is 11.4 Å². The molecule has 0 spiro atoms. The lowest BCUT2D eigenvalue weighted by molar-refractivity contribution is -0.116. The second-order valence-electron chi connectivity index (χ2n) is 12.0. The van der Waals surface area contributed by atoms with Gasteiger partial charge >= 0.3 is 0 Å². The van der Waals surface area contributed by atoms with E-state index >= 15 is 0 Å². The molecule has 7 nitrogen and oxygen atoms in total. The fourth-order valence-electron chi connectivity index (χ4n) is 4.56. The molecular formula is C32H38N4O3. The number of hydrogen-bond acceptors (Lipinski definition) is 4. The number of amides is 3. The SMILES string of the molecule is CC(C)(CN)CNC(=O)c1ccc2c(c1)NC(=O)CC(c1ccccc1)N2C(=O)c1ccc(C(C)(C)C)cc1. The molecule has 7 heteroatoms. The second kappa shape index (κ2) is 11.0. The molecule has 3 aromatic rings. The summed E-state index contributed by atoms with van der Waals surface area (Å²) in [6, 6.07) is 21.7. The number of carbonyl (C=O) groups excluding carboxylic acids is 3. The van der Waals surface area contributed by atoms with Gasteiger partial charge in [-0.1, -0.05) is 77.1 Å². The first-order valence-corrected chi connectivity index (χ1v) is 13.3. The summed E-state index contributed by atoms with van der Waals surface area (Å²) < 4.78 is 0. The zero-order valence-corrected chi connectivity index (χ0v) is 23.4. The summed E-state index contributed by atoms with van der Waals surface area (Å²) in [5, 5.41) is 5.86. The van der Waals surface area contributed by atoms with E-state index in [0.29, 0.717) is 35.6 Å². The van der Waals surface area contributed by atoms with Gasteiger partial charge < -0.3 is 16.4 Å². The maximum absolute atomic E-state index is 14.1. The van der Waals surface area contributed by atoms with Crippen molar-refractivity contribution in [3.63, 3.8) is 0 Å². The quantitative estimate of drug-likeness (QED) is 0.398. The normalized spacial score (nSPS) is 15.7. The van der Waals surface area contributed by atoms with Crippen LogP contribution in [0.25, 0.3) is 0 Å². The van der Waals surface area contributed by atoms with E-state index < -0.39 is 6.04 Å². The Morgan fingerprint density at radius 1 is 0.949 bits per heavy atom. The monoisotopic (exact) mass is 526 g/mol. The Morgan fingerprint density at radius 3 is 2.21 bits per heavy atom. The van der Waals surface area contributed by atoms with E-state index in [1.165, 1.54) is 0 Å². The lowest BCUT2D eigenvalue weighted by Crippen LogP contribution is -2.38. The van der Waals surface area contributed by atoms with E-state index in [0.717, 1.165) is 11.1 Å². The zero-order valence-electron chi connectivity index (χ0n) is 23.4. The van der Waals surface area contributed by atoms with Gasteiger partial charge in [-0.15, -0.1) is 0 Å². The molecular weight excluding hydrogens is 488 g/mol. The van der Waals surface area contributed by atoms with Crippen molar-refractivity contribution < 1.29 is 14.4 Å². The summed E-state index contributed by atoms with van der Waals surface area (Å²) in [6.45, 7) is 11.2. The molecule has 1 atom stereocenters. The molecule has 39 heavy (non-hydrogen) atoms. The third kappa shape index (κ3) is 6.37. The summed E-state index contributed by atoms with van der Waals surface area (Å²) in [7, 11) is 0. The minimum absolute atomic E-state index is 0.0456. The van der Waals surface area contributed by atoms with Crippen molar-refractivity contribution in [1.29, 1.82) is 0 Å². The molecule has 4 rings (SSSR count). The highest BCUT2D eigenvalue weighted by molar-refractivity contribution is 6.12. The van der Waals surface area contributed by atoms with Gasteiger partial charge in [-0.05, 0) is 58.8 Å². The third-order valence-electron chi connectivity index (χ3n) is 7.16. The first kappa shape index (κ1) is 28.0. The third-order valence-corrected chi connectivity index (χ3v) is 7.16. The van der Waals surface area contributed by atoms with Crippen LogP contribution < -0.4 is 21.3 Å². The predicted molar refractivity (Wildman–Crippen MR) is 156 cm³/mol. The standard InChI is InChI=1S/C32H38N4O3/c1-31(2,3)24-14-11-22(12-15-24)30(39)36-26-16-13-23(29(38)34-20-32(4,5)19-33)17-25(26)35-28(37)18-27(36)21-9-7-6-8-10-21/h6-17,27H,18-20,33H2,1-5H3,(H,34,38)(H,35,37). The van der Waals surface area contributed by atoms with Gasteiger partial charge in [0.1, 0.15) is 0 Å². The summed E-state index contributed by atoms with van der Waals surface area (Å²) in [6.07, 6.45) is 0.0801. The van der Waals surface area contributed by atoms with Gasteiger partial charge in [-0.3, -0.25) is 19.3 Å². The van der Waals surface area contributed by atoms with Crippen LogP contribution in [0.3, 0.4) is 0 Å². The topological polar surface area (TPSA) is 105 Å². The van der Waals surface area contributed by atoms with Crippen molar-refractivity contribution in [1.82, 2.24) is 5.32 Å². The fourth-order valence-corrected chi connectivity index (χ4v) is 4.56. The lowest BCUT2D eigenvalue weighted by atomic mass is 9.86. The molecule has 0 bridgehead atoms. The highest BCUT2D eigenvalue weighted by atomic mass is 16.2. The molecule has 204 valence electrons. The van der Waals surface area contributed by atoms with Crippen LogP contribution in [0.1, 0.15) is 78.9 Å². The summed E-state index contributed by atoms with van der Waals surface area (Å²) in [5.74, 6) is -0.720. The highest BCUT2D eigenvalue weighted by Crippen LogP contribution is 2.40. The van der Waals surface area contributed by atoms with Crippen molar-refractivity contribution in [3.05, 3.63) is 95.1 Å². The van der Waals surface area contributed by atoms with Crippen LogP contribution in [0.5, 0.6) is 0 Å². The zero-order chi connectivity index (χ0) is 28.4. The molecule has 0 aliphatic carbocycles. The lowest BCUT2D eigenvalue weighted by Gasteiger charge is -2.31. The molecule has 0 saturated carbocycles. The highest BCUT2D eigenvalue weighted by Gasteiger charge is 2.34. The molecule has 0 aromatic heterocycles. The van der Waals surface area contributed by atoms with Crippen molar-refractivity contribution >= 4 is 29.1 Å². The van der Waals surface area contributed by atoms with E-state index in [9.17, 15) is 14.4 Å². The fraction of sp³-hybridized carbons (Fsp3) is 0.344. The number of fused-ring (bicyclic) bond motifs is 1. The van der Waals surface area contributed by atoms with Gasteiger partial charge in [-0.2, -0.15) is 0 Å². The Morgan fingerprint density at radius 2 is 1.59 bits per heavy atom. The molecule has 1 aliphatic heterocycles. The number of nitrogens with one attached hydrogen (secondary N) is 2. The number of nitrogens with two attached hydrogens (primary N) is 1. The van der Waals surface area contributed by atoms with E-state index in [1.54, 1.807) is 23.1 Å². The van der Waals surface area contributed by atoms with Gasteiger partial charge in [-0.25, -0.2) is 0 Å². The van der Waals surface area contributed by atoms with Crippen molar-refractivity contribution in [2.24, 2.45) is 11.1 Å². The number of rotatable bonds is 6. The van der Waals surface area contributed by atoms with Crippen LogP contribution in [-0.4, -0.2) is 30.8 Å². The van der Waals surface area contributed by atoms with Crippen LogP contribution in [-0.2, 0) is 10.2 Å². The molecule has 3 amide bonds. The Bertz CT molecular complexity index is 1360. The maximum atomic E-state index is 14.1. The van der Waals surface area contributed by atoms with Gasteiger partial charge in [0.15, 0.2) is 0 Å². The summed E-state index contributed by atoms with van der Waals surface area (Å²) in [5.41, 5.74) is 9.36. The number of carbonyl (C=O) groups is 3. The number of anilines is 2. The van der Waals surface area contributed by atoms with Crippen molar-refractivity contribution in [2.45, 2.75) is 52.5 Å². The minimum Gasteiger partial charge on any atom is -0.351 e. The Hall–Kier alpha value is -3.97. The molecule has 1 unspecified atom stereocenters. The average molecular weight is 527 g/mol.